The first-order chi connectivity index (χ1) is 9.06. The van der Waals surface area contributed by atoms with Gasteiger partial charge in [0.15, 0.2) is 0 Å². The summed E-state index contributed by atoms with van der Waals surface area (Å²) < 4.78 is 4.76. The zero-order valence-electron chi connectivity index (χ0n) is 11.5. The minimum Gasteiger partial charge on any atom is -0.466 e. The van der Waals surface area contributed by atoms with E-state index in [1.807, 2.05) is 25.2 Å². The Morgan fingerprint density at radius 2 is 2.16 bits per heavy atom. The molecule has 0 aromatic rings. The Morgan fingerprint density at radius 3 is 2.68 bits per heavy atom. The molecule has 0 rings (SSSR count). The monoisotopic (exact) mass is 266 g/mol. The molecule has 2 N–H and O–H groups in total. The predicted octanol–water partition coefficient (Wildman–Crippen LogP) is 1.02. The van der Waals surface area contributed by atoms with Crippen LogP contribution in [0.5, 0.6) is 0 Å². The van der Waals surface area contributed by atoms with Crippen LogP contribution >= 0.6 is 0 Å². The molecule has 106 valence electrons. The zero-order chi connectivity index (χ0) is 14.7. The first-order valence-corrected chi connectivity index (χ1v) is 6.02. The van der Waals surface area contributed by atoms with Crippen LogP contribution in [0.15, 0.2) is 36.5 Å². The largest absolute Gasteiger partial charge is 0.466 e. The van der Waals surface area contributed by atoms with Crippen molar-refractivity contribution in [2.75, 3.05) is 20.2 Å². The molecule has 0 spiro atoms. The molecule has 1 atom stereocenters. The third-order valence-electron chi connectivity index (χ3n) is 2.66. The fourth-order valence-electron chi connectivity index (χ4n) is 1.54. The SMILES string of the molecule is C=C/C=C\C=C(/C)CC(COC=O)N(C)C(=O)CN. The van der Waals surface area contributed by atoms with Gasteiger partial charge >= 0.3 is 0 Å². The van der Waals surface area contributed by atoms with E-state index in [-0.39, 0.29) is 25.1 Å². The van der Waals surface area contributed by atoms with Crippen LogP contribution in [0.1, 0.15) is 13.3 Å². The number of nitrogens with zero attached hydrogens (tertiary/aromatic N) is 1. The van der Waals surface area contributed by atoms with Crippen LogP contribution in [0.2, 0.25) is 0 Å². The van der Waals surface area contributed by atoms with Crippen molar-refractivity contribution >= 4 is 12.4 Å². The molecule has 19 heavy (non-hydrogen) atoms. The number of hydrogen-bond donors (Lipinski definition) is 1. The van der Waals surface area contributed by atoms with Crippen LogP contribution < -0.4 is 5.73 Å². The van der Waals surface area contributed by atoms with Crippen molar-refractivity contribution in [1.29, 1.82) is 0 Å². The van der Waals surface area contributed by atoms with Crippen molar-refractivity contribution in [2.45, 2.75) is 19.4 Å². The average molecular weight is 266 g/mol. The molecule has 5 nitrogen and oxygen atoms in total. The maximum atomic E-state index is 11.6. The summed E-state index contributed by atoms with van der Waals surface area (Å²) in [6.45, 7) is 6.00. The Bertz CT molecular complexity index is 362. The Balaban J connectivity index is 4.70. The molecule has 0 saturated carbocycles. The average Bonchev–Trinajstić information content (AvgIpc) is 2.42. The first kappa shape index (κ1) is 17.1. The molecule has 0 heterocycles. The van der Waals surface area contributed by atoms with Crippen molar-refractivity contribution < 1.29 is 14.3 Å². The lowest BCUT2D eigenvalue weighted by Crippen LogP contribution is -2.43. The lowest BCUT2D eigenvalue weighted by atomic mass is 10.1. The fraction of sp³-hybridized carbons (Fsp3) is 0.429. The standard InChI is InChI=1S/C14H22N2O3/c1-4-5-6-7-12(2)8-13(10-19-11-17)16(3)14(18)9-15/h4-7,11,13H,1,8-10,15H2,2-3H3/b6-5-,12-7+. The number of hydrogen-bond acceptors (Lipinski definition) is 4. The van der Waals surface area contributed by atoms with Gasteiger partial charge in [-0.15, -0.1) is 0 Å². The van der Waals surface area contributed by atoms with Gasteiger partial charge in [0.2, 0.25) is 5.91 Å². The van der Waals surface area contributed by atoms with Crippen LogP contribution in [0.25, 0.3) is 0 Å². The van der Waals surface area contributed by atoms with Crippen molar-refractivity contribution in [1.82, 2.24) is 4.90 Å². The van der Waals surface area contributed by atoms with Gasteiger partial charge in [0.25, 0.3) is 6.47 Å². The van der Waals surface area contributed by atoms with Crippen LogP contribution in [0.4, 0.5) is 0 Å². The van der Waals surface area contributed by atoms with Gasteiger partial charge in [-0.3, -0.25) is 9.59 Å². The van der Waals surface area contributed by atoms with E-state index in [0.717, 1.165) is 5.57 Å². The molecule has 0 aliphatic rings. The van der Waals surface area contributed by atoms with Crippen LogP contribution in [-0.4, -0.2) is 43.5 Å². The number of rotatable bonds is 9. The highest BCUT2D eigenvalue weighted by atomic mass is 16.5. The van der Waals surface area contributed by atoms with E-state index < -0.39 is 0 Å². The molecule has 0 aliphatic heterocycles. The second kappa shape index (κ2) is 10.1. The number of carbonyl (C=O) groups is 2. The van der Waals surface area contributed by atoms with Gasteiger partial charge in [0.05, 0.1) is 12.6 Å². The van der Waals surface area contributed by atoms with Crippen LogP contribution in [-0.2, 0) is 14.3 Å². The second-order valence-electron chi connectivity index (χ2n) is 4.13. The molecule has 0 bridgehead atoms. The number of amides is 1. The van der Waals surface area contributed by atoms with Gasteiger partial charge in [0, 0.05) is 7.05 Å². The maximum absolute atomic E-state index is 11.6. The highest BCUT2D eigenvalue weighted by Gasteiger charge is 2.19. The molecule has 0 aliphatic carbocycles. The van der Waals surface area contributed by atoms with Crippen molar-refractivity contribution in [3.63, 3.8) is 0 Å². The molecule has 0 saturated heterocycles. The maximum Gasteiger partial charge on any atom is 0.293 e. The molecule has 0 aromatic heterocycles. The fourth-order valence-corrected chi connectivity index (χ4v) is 1.54. The van der Waals surface area contributed by atoms with Crippen molar-refractivity contribution in [3.05, 3.63) is 36.5 Å². The molecular weight excluding hydrogens is 244 g/mol. The van der Waals surface area contributed by atoms with Crippen molar-refractivity contribution in [2.24, 2.45) is 5.73 Å². The molecule has 0 radical (unpaired) electrons. The highest BCUT2D eigenvalue weighted by molar-refractivity contribution is 5.78. The third-order valence-corrected chi connectivity index (χ3v) is 2.66. The summed E-state index contributed by atoms with van der Waals surface area (Å²) in [5.74, 6) is -0.186. The van der Waals surface area contributed by atoms with Gasteiger partial charge in [-0.25, -0.2) is 0 Å². The normalized spacial score (nSPS) is 13.1. The predicted molar refractivity (Wildman–Crippen MR) is 75.3 cm³/mol. The Hall–Kier alpha value is -1.88. The van der Waals surface area contributed by atoms with Crippen LogP contribution in [0.3, 0.4) is 0 Å². The smallest absolute Gasteiger partial charge is 0.293 e. The number of allylic oxidation sites excluding steroid dienone is 4. The lowest BCUT2D eigenvalue weighted by molar-refractivity contribution is -0.136. The van der Waals surface area contributed by atoms with Gasteiger partial charge in [-0.1, -0.05) is 36.5 Å². The van der Waals surface area contributed by atoms with Gasteiger partial charge in [-0.2, -0.15) is 0 Å². The van der Waals surface area contributed by atoms with E-state index in [1.165, 1.54) is 4.90 Å². The summed E-state index contributed by atoms with van der Waals surface area (Å²) in [7, 11) is 1.65. The molecule has 5 heteroatoms. The Morgan fingerprint density at radius 1 is 1.47 bits per heavy atom. The van der Waals surface area contributed by atoms with Gasteiger partial charge in [-0.05, 0) is 13.3 Å². The van der Waals surface area contributed by atoms with E-state index in [9.17, 15) is 9.59 Å². The van der Waals surface area contributed by atoms with Crippen molar-refractivity contribution in [3.8, 4) is 0 Å². The summed E-state index contributed by atoms with van der Waals surface area (Å²) in [5, 5.41) is 0. The molecule has 0 aromatic carbocycles. The quantitative estimate of drug-likeness (QED) is 0.499. The summed E-state index contributed by atoms with van der Waals surface area (Å²) in [5.41, 5.74) is 6.39. The summed E-state index contributed by atoms with van der Waals surface area (Å²) >= 11 is 0. The first-order valence-electron chi connectivity index (χ1n) is 6.02. The molecular formula is C14H22N2O3. The number of ether oxygens (including phenoxy) is 1. The topological polar surface area (TPSA) is 72.6 Å². The lowest BCUT2D eigenvalue weighted by Gasteiger charge is -2.27. The Kier molecular flexibility index (Phi) is 9.08. The zero-order valence-corrected chi connectivity index (χ0v) is 11.5. The second-order valence-corrected chi connectivity index (χ2v) is 4.13. The van der Waals surface area contributed by atoms with Crippen LogP contribution in [0, 0.1) is 0 Å². The third kappa shape index (κ3) is 7.21. The summed E-state index contributed by atoms with van der Waals surface area (Å²) in [6.07, 6.45) is 7.90. The number of nitrogens with two attached hydrogens (primary N) is 1. The molecule has 1 unspecified atom stereocenters. The number of carbonyl (C=O) groups excluding carboxylic acids is 2. The Labute approximate surface area is 114 Å². The minimum atomic E-state index is -0.213. The number of likely N-dealkylation sites (N-methyl/N-ethyl adjacent to an activating group) is 1. The van der Waals surface area contributed by atoms with E-state index >= 15 is 0 Å². The summed E-state index contributed by atoms with van der Waals surface area (Å²) in [4.78, 5) is 23.4. The van der Waals surface area contributed by atoms with E-state index in [1.54, 1.807) is 13.1 Å². The molecule has 1 amide bonds. The van der Waals surface area contributed by atoms with E-state index in [2.05, 4.69) is 6.58 Å². The summed E-state index contributed by atoms with van der Waals surface area (Å²) in [6, 6.07) is -0.213. The van der Waals surface area contributed by atoms with Gasteiger partial charge in [0.1, 0.15) is 6.61 Å². The van der Waals surface area contributed by atoms with E-state index in [0.29, 0.717) is 12.9 Å². The minimum absolute atomic E-state index is 0.0623. The highest BCUT2D eigenvalue weighted by Crippen LogP contribution is 2.11. The molecule has 0 fully saturated rings. The van der Waals surface area contributed by atoms with Gasteiger partial charge < -0.3 is 15.4 Å². The van der Waals surface area contributed by atoms with E-state index in [4.69, 9.17) is 10.5 Å².